The topological polar surface area (TPSA) is 29.1 Å². The van der Waals surface area contributed by atoms with Crippen molar-refractivity contribution in [3.05, 3.63) is 32.7 Å². The number of nitrogens with one attached hydrogen (secondary N) is 1. The molecule has 1 amide bonds. The number of halogens is 3. The van der Waals surface area contributed by atoms with Gasteiger partial charge in [-0.05, 0) is 47.0 Å². The van der Waals surface area contributed by atoms with E-state index in [1.54, 1.807) is 0 Å². The molecule has 0 aromatic heterocycles. The van der Waals surface area contributed by atoms with E-state index >= 15 is 0 Å². The van der Waals surface area contributed by atoms with E-state index in [0.717, 1.165) is 21.8 Å². The first-order chi connectivity index (χ1) is 8.08. The van der Waals surface area contributed by atoms with Gasteiger partial charge in [-0.25, -0.2) is 0 Å². The Hall–Kier alpha value is 0.130. The summed E-state index contributed by atoms with van der Waals surface area (Å²) in [5.41, 5.74) is 0.672. The van der Waals surface area contributed by atoms with E-state index in [9.17, 15) is 4.79 Å². The van der Waals surface area contributed by atoms with Gasteiger partial charge in [-0.3, -0.25) is 4.79 Å². The van der Waals surface area contributed by atoms with Crippen LogP contribution in [0.2, 0.25) is 0 Å². The van der Waals surface area contributed by atoms with Crippen LogP contribution in [-0.2, 0) is 0 Å². The monoisotopic (exact) mass is 423 g/mol. The molecule has 1 aliphatic carbocycles. The van der Waals surface area contributed by atoms with Crippen LogP contribution >= 0.6 is 47.8 Å². The molecular formula is C12H12Br3NO. The lowest BCUT2D eigenvalue weighted by Gasteiger charge is -2.16. The van der Waals surface area contributed by atoms with Gasteiger partial charge < -0.3 is 5.32 Å². The lowest BCUT2D eigenvalue weighted by molar-refractivity contribution is 0.0938. The highest BCUT2D eigenvalue weighted by molar-refractivity contribution is 9.11. The maximum atomic E-state index is 12.1. The number of rotatable bonds is 2. The Balaban J connectivity index is 2.11. The molecule has 1 fully saturated rings. The Morgan fingerprint density at radius 2 is 2.06 bits per heavy atom. The van der Waals surface area contributed by atoms with Crippen LogP contribution in [0.1, 0.15) is 29.6 Å². The number of benzene rings is 1. The molecule has 0 spiro atoms. The second-order valence-corrected chi connectivity index (χ2v) is 7.10. The minimum Gasteiger partial charge on any atom is -0.348 e. The van der Waals surface area contributed by atoms with Crippen molar-refractivity contribution >= 4 is 53.7 Å². The van der Waals surface area contributed by atoms with Crippen LogP contribution in [0.3, 0.4) is 0 Å². The van der Waals surface area contributed by atoms with Crippen molar-refractivity contribution in [3.8, 4) is 0 Å². The Bertz CT molecular complexity index is 436. The number of amides is 1. The fourth-order valence-electron chi connectivity index (χ4n) is 2.00. The van der Waals surface area contributed by atoms with E-state index < -0.39 is 0 Å². The molecule has 17 heavy (non-hydrogen) atoms. The Kier molecular flexibility index (Phi) is 4.66. The number of hydrogen-bond acceptors (Lipinski definition) is 1. The Morgan fingerprint density at radius 1 is 1.29 bits per heavy atom. The highest BCUT2D eigenvalue weighted by Gasteiger charge is 2.27. The van der Waals surface area contributed by atoms with Crippen LogP contribution in [0.4, 0.5) is 0 Å². The smallest absolute Gasteiger partial charge is 0.252 e. The molecule has 1 aromatic rings. The van der Waals surface area contributed by atoms with Crippen LogP contribution < -0.4 is 5.32 Å². The highest BCUT2D eigenvalue weighted by Crippen LogP contribution is 2.27. The van der Waals surface area contributed by atoms with Gasteiger partial charge in [0.15, 0.2) is 0 Å². The molecule has 0 heterocycles. The van der Waals surface area contributed by atoms with Gasteiger partial charge in [0, 0.05) is 19.8 Å². The average Bonchev–Trinajstić information content (AvgIpc) is 2.68. The zero-order chi connectivity index (χ0) is 12.4. The van der Waals surface area contributed by atoms with Crippen LogP contribution in [0.5, 0.6) is 0 Å². The molecule has 1 N–H and O–H groups in total. The SMILES string of the molecule is O=C(NC1CCCC1Br)c1cc(Br)ccc1Br. The molecule has 2 rings (SSSR count). The van der Waals surface area contributed by atoms with Gasteiger partial charge in [-0.15, -0.1) is 0 Å². The first-order valence-corrected chi connectivity index (χ1v) is 7.98. The van der Waals surface area contributed by atoms with Crippen LogP contribution in [0.25, 0.3) is 0 Å². The molecule has 0 aliphatic heterocycles. The molecule has 0 bridgehead atoms. The third-order valence-corrected chi connectivity index (χ3v) is 5.20. The summed E-state index contributed by atoms with van der Waals surface area (Å²) in [6.07, 6.45) is 3.35. The largest absolute Gasteiger partial charge is 0.348 e. The molecule has 0 saturated heterocycles. The number of alkyl halides is 1. The van der Waals surface area contributed by atoms with Gasteiger partial charge >= 0.3 is 0 Å². The van der Waals surface area contributed by atoms with Crippen molar-refractivity contribution in [1.29, 1.82) is 0 Å². The lowest BCUT2D eigenvalue weighted by Crippen LogP contribution is -2.37. The minimum atomic E-state index is -0.0190. The van der Waals surface area contributed by atoms with E-state index in [4.69, 9.17) is 0 Å². The highest BCUT2D eigenvalue weighted by atomic mass is 79.9. The van der Waals surface area contributed by atoms with Crippen molar-refractivity contribution in [2.75, 3.05) is 0 Å². The third-order valence-electron chi connectivity index (χ3n) is 2.92. The van der Waals surface area contributed by atoms with Crippen molar-refractivity contribution < 1.29 is 4.79 Å². The summed E-state index contributed by atoms with van der Waals surface area (Å²) >= 11 is 10.4. The van der Waals surface area contributed by atoms with Gasteiger partial charge in [-0.1, -0.05) is 38.3 Å². The van der Waals surface area contributed by atoms with E-state index in [1.165, 1.54) is 6.42 Å². The van der Waals surface area contributed by atoms with Gasteiger partial charge in [-0.2, -0.15) is 0 Å². The van der Waals surface area contributed by atoms with Crippen molar-refractivity contribution in [2.45, 2.75) is 30.1 Å². The summed E-state index contributed by atoms with van der Waals surface area (Å²) in [4.78, 5) is 12.5. The van der Waals surface area contributed by atoms with E-state index in [1.807, 2.05) is 18.2 Å². The fraction of sp³-hybridized carbons (Fsp3) is 0.417. The van der Waals surface area contributed by atoms with E-state index in [2.05, 4.69) is 53.1 Å². The molecule has 1 saturated carbocycles. The zero-order valence-electron chi connectivity index (χ0n) is 9.05. The van der Waals surface area contributed by atoms with Gasteiger partial charge in [0.1, 0.15) is 0 Å². The molecule has 2 atom stereocenters. The molecule has 1 aromatic carbocycles. The molecule has 92 valence electrons. The number of carbonyl (C=O) groups excluding carboxylic acids is 1. The summed E-state index contributed by atoms with van der Waals surface area (Å²) in [5.74, 6) is -0.0190. The normalized spacial score (nSPS) is 23.7. The second kappa shape index (κ2) is 5.85. The van der Waals surface area contributed by atoms with Gasteiger partial charge in [0.25, 0.3) is 5.91 Å². The van der Waals surface area contributed by atoms with E-state index in [-0.39, 0.29) is 11.9 Å². The first-order valence-electron chi connectivity index (χ1n) is 5.48. The van der Waals surface area contributed by atoms with E-state index in [0.29, 0.717) is 10.4 Å². The maximum Gasteiger partial charge on any atom is 0.252 e. The van der Waals surface area contributed by atoms with Crippen molar-refractivity contribution in [2.24, 2.45) is 0 Å². The third kappa shape index (κ3) is 3.32. The minimum absolute atomic E-state index is 0.0190. The van der Waals surface area contributed by atoms with Crippen molar-refractivity contribution in [3.63, 3.8) is 0 Å². The summed E-state index contributed by atoms with van der Waals surface area (Å²) in [6, 6.07) is 5.86. The van der Waals surface area contributed by atoms with Crippen LogP contribution in [0.15, 0.2) is 27.1 Å². The van der Waals surface area contributed by atoms with Crippen LogP contribution in [0, 0.1) is 0 Å². The van der Waals surface area contributed by atoms with Gasteiger partial charge in [0.05, 0.1) is 5.56 Å². The summed E-state index contributed by atoms with van der Waals surface area (Å²) in [7, 11) is 0. The van der Waals surface area contributed by atoms with Crippen LogP contribution in [-0.4, -0.2) is 16.8 Å². The molecule has 0 radical (unpaired) electrons. The Morgan fingerprint density at radius 3 is 2.71 bits per heavy atom. The molecule has 2 unspecified atom stereocenters. The van der Waals surface area contributed by atoms with Gasteiger partial charge in [0.2, 0.25) is 0 Å². The zero-order valence-corrected chi connectivity index (χ0v) is 13.8. The summed E-state index contributed by atoms with van der Waals surface area (Å²) in [5, 5.41) is 3.08. The molecule has 5 heteroatoms. The summed E-state index contributed by atoms with van der Waals surface area (Å²) in [6.45, 7) is 0. The fourth-order valence-corrected chi connectivity index (χ4v) is 3.50. The molecule has 1 aliphatic rings. The Labute approximate surface area is 126 Å². The number of carbonyl (C=O) groups is 1. The molecule has 2 nitrogen and oxygen atoms in total. The second-order valence-electron chi connectivity index (χ2n) is 4.15. The average molecular weight is 426 g/mol. The predicted molar refractivity (Wildman–Crippen MR) is 79.7 cm³/mol. The predicted octanol–water partition coefficient (Wildman–Crippen LogP) is 4.26. The quantitative estimate of drug-likeness (QED) is 0.705. The summed E-state index contributed by atoms with van der Waals surface area (Å²) < 4.78 is 1.73. The number of hydrogen-bond donors (Lipinski definition) is 1. The standard InChI is InChI=1S/C12H12Br3NO/c13-7-4-5-9(14)8(6-7)12(17)16-11-3-1-2-10(11)15/h4-6,10-11H,1-3H2,(H,16,17). The molecular weight excluding hydrogens is 414 g/mol. The van der Waals surface area contributed by atoms with Crippen molar-refractivity contribution in [1.82, 2.24) is 5.32 Å². The lowest BCUT2D eigenvalue weighted by atomic mass is 10.2. The first kappa shape index (κ1) is 13.6. The maximum absolute atomic E-state index is 12.1.